The number of alkyl halides is 2. The van der Waals surface area contributed by atoms with Crippen LogP contribution < -0.4 is 4.74 Å². The van der Waals surface area contributed by atoms with Gasteiger partial charge in [-0.25, -0.2) is 8.78 Å². The van der Waals surface area contributed by atoms with Gasteiger partial charge in [-0.1, -0.05) is 0 Å². The summed E-state index contributed by atoms with van der Waals surface area (Å²) in [4.78, 5) is 11.5. The third-order valence-corrected chi connectivity index (χ3v) is 2.50. The first-order valence-electron chi connectivity index (χ1n) is 5.58. The minimum absolute atomic E-state index is 0.126. The van der Waals surface area contributed by atoms with Crippen molar-refractivity contribution in [3.05, 3.63) is 28.8 Å². The Hall–Kier alpha value is -2.16. The average molecular weight is 269 g/mol. The van der Waals surface area contributed by atoms with Crippen LogP contribution >= 0.6 is 0 Å². The molecule has 1 rings (SSSR count). The molecule has 6 heteroatoms. The Kier molecular flexibility index (Phi) is 5.24. The molecule has 0 unspecified atom stereocenters. The van der Waals surface area contributed by atoms with Gasteiger partial charge in [-0.3, -0.25) is 4.79 Å². The van der Waals surface area contributed by atoms with Crippen LogP contribution in [-0.4, -0.2) is 19.7 Å². The van der Waals surface area contributed by atoms with Gasteiger partial charge in [0.25, 0.3) is 6.43 Å². The maximum atomic E-state index is 12.8. The topological polar surface area (TPSA) is 59.3 Å². The van der Waals surface area contributed by atoms with Crippen LogP contribution in [0.3, 0.4) is 0 Å². The maximum absolute atomic E-state index is 12.8. The molecule has 0 spiro atoms. The minimum atomic E-state index is -2.79. The largest absolute Gasteiger partial charge is 0.496 e. The molecule has 1 aromatic carbocycles. The number of halogens is 2. The number of rotatable bonds is 5. The number of ether oxygens (including phenoxy) is 2. The number of esters is 1. The molecule has 0 heterocycles. The van der Waals surface area contributed by atoms with Crippen LogP contribution in [0.2, 0.25) is 0 Å². The van der Waals surface area contributed by atoms with Crippen LogP contribution in [0.15, 0.2) is 12.1 Å². The van der Waals surface area contributed by atoms with Crippen molar-refractivity contribution in [1.29, 1.82) is 5.26 Å². The Bertz CT molecular complexity index is 509. The molecule has 0 aliphatic rings. The highest BCUT2D eigenvalue weighted by Gasteiger charge is 2.21. The molecule has 1 aromatic rings. The van der Waals surface area contributed by atoms with Gasteiger partial charge in [0.1, 0.15) is 11.8 Å². The van der Waals surface area contributed by atoms with Gasteiger partial charge in [0.05, 0.1) is 25.7 Å². The van der Waals surface area contributed by atoms with E-state index in [-0.39, 0.29) is 29.9 Å². The Labute approximate surface area is 109 Å². The van der Waals surface area contributed by atoms with Crippen LogP contribution in [-0.2, 0) is 16.0 Å². The first-order chi connectivity index (χ1) is 9.04. The van der Waals surface area contributed by atoms with Crippen molar-refractivity contribution in [3.63, 3.8) is 0 Å². The van der Waals surface area contributed by atoms with Crippen molar-refractivity contribution in [2.45, 2.75) is 19.8 Å². The summed E-state index contributed by atoms with van der Waals surface area (Å²) in [6, 6.07) is 4.14. The second-order valence-corrected chi connectivity index (χ2v) is 3.60. The normalized spacial score (nSPS) is 10.1. The highest BCUT2D eigenvalue weighted by molar-refractivity contribution is 5.75. The van der Waals surface area contributed by atoms with E-state index in [0.717, 1.165) is 6.07 Å². The predicted octanol–water partition coefficient (Wildman–Crippen LogP) is 2.61. The molecule has 0 aromatic heterocycles. The summed E-state index contributed by atoms with van der Waals surface area (Å²) >= 11 is 0. The van der Waals surface area contributed by atoms with Gasteiger partial charge in [0, 0.05) is 11.1 Å². The van der Waals surface area contributed by atoms with Gasteiger partial charge in [-0.05, 0) is 19.1 Å². The van der Waals surface area contributed by atoms with E-state index in [0.29, 0.717) is 0 Å². The molecule has 0 radical (unpaired) electrons. The van der Waals surface area contributed by atoms with Crippen molar-refractivity contribution in [3.8, 4) is 11.8 Å². The molecular formula is C13H13F2NO3. The van der Waals surface area contributed by atoms with Crippen LogP contribution in [0.25, 0.3) is 0 Å². The SMILES string of the molecule is CCOC(=O)Cc1c(OC)ccc(C(F)F)c1C#N. The lowest BCUT2D eigenvalue weighted by atomic mass is 9.98. The monoisotopic (exact) mass is 269 g/mol. The van der Waals surface area contributed by atoms with Crippen LogP contribution in [0.5, 0.6) is 5.75 Å². The summed E-state index contributed by atoms with van der Waals surface area (Å²) in [5.41, 5.74) is -0.522. The number of carbonyl (C=O) groups excluding carboxylic acids is 1. The van der Waals surface area contributed by atoms with Gasteiger partial charge in [-0.15, -0.1) is 0 Å². The lowest BCUT2D eigenvalue weighted by molar-refractivity contribution is -0.142. The van der Waals surface area contributed by atoms with Gasteiger partial charge >= 0.3 is 5.97 Å². The third-order valence-electron chi connectivity index (χ3n) is 2.50. The number of benzene rings is 1. The summed E-state index contributed by atoms with van der Waals surface area (Å²) in [6.07, 6.45) is -3.07. The molecular weight excluding hydrogens is 256 g/mol. The molecule has 0 amide bonds. The Morgan fingerprint density at radius 3 is 2.63 bits per heavy atom. The molecule has 0 atom stereocenters. The number of carbonyl (C=O) groups is 1. The molecule has 0 N–H and O–H groups in total. The van der Waals surface area contributed by atoms with E-state index in [1.165, 1.54) is 13.2 Å². The van der Waals surface area contributed by atoms with Crippen LogP contribution in [0.4, 0.5) is 8.78 Å². The van der Waals surface area contributed by atoms with Crippen molar-refractivity contribution in [1.82, 2.24) is 0 Å². The molecule has 0 fully saturated rings. The summed E-state index contributed by atoms with van der Waals surface area (Å²) in [7, 11) is 1.34. The van der Waals surface area contributed by atoms with E-state index in [4.69, 9.17) is 14.7 Å². The van der Waals surface area contributed by atoms with Gasteiger partial charge in [0.2, 0.25) is 0 Å². The fourth-order valence-corrected chi connectivity index (χ4v) is 1.68. The van der Waals surface area contributed by atoms with E-state index >= 15 is 0 Å². The lowest BCUT2D eigenvalue weighted by Gasteiger charge is -2.13. The highest BCUT2D eigenvalue weighted by Crippen LogP contribution is 2.31. The number of hydrogen-bond donors (Lipinski definition) is 0. The average Bonchev–Trinajstić information content (AvgIpc) is 2.38. The minimum Gasteiger partial charge on any atom is -0.496 e. The molecule has 0 saturated heterocycles. The standard InChI is InChI=1S/C13H13F2NO3/c1-3-19-12(17)6-9-10(7-16)8(13(14)15)4-5-11(9)18-2/h4-5,13H,3,6H2,1-2H3. The number of methoxy groups -OCH3 is 1. The fourth-order valence-electron chi connectivity index (χ4n) is 1.68. The molecule has 0 saturated carbocycles. The van der Waals surface area contributed by atoms with Crippen molar-refractivity contribution >= 4 is 5.97 Å². The number of nitrogens with zero attached hydrogens (tertiary/aromatic N) is 1. The number of hydrogen-bond acceptors (Lipinski definition) is 4. The smallest absolute Gasteiger partial charge is 0.310 e. The van der Waals surface area contributed by atoms with E-state index < -0.39 is 18.0 Å². The molecule has 19 heavy (non-hydrogen) atoms. The van der Waals surface area contributed by atoms with E-state index in [2.05, 4.69) is 0 Å². The second-order valence-electron chi connectivity index (χ2n) is 3.60. The zero-order valence-corrected chi connectivity index (χ0v) is 10.6. The summed E-state index contributed by atoms with van der Waals surface area (Å²) in [5, 5.41) is 9.02. The second kappa shape index (κ2) is 6.69. The van der Waals surface area contributed by atoms with E-state index in [1.54, 1.807) is 13.0 Å². The summed E-state index contributed by atoms with van der Waals surface area (Å²) in [6.45, 7) is 1.81. The maximum Gasteiger partial charge on any atom is 0.310 e. The third kappa shape index (κ3) is 3.41. The Balaban J connectivity index is 3.28. The highest BCUT2D eigenvalue weighted by atomic mass is 19.3. The quantitative estimate of drug-likeness (QED) is 0.771. The van der Waals surface area contributed by atoms with Gasteiger partial charge in [0.15, 0.2) is 0 Å². The van der Waals surface area contributed by atoms with Gasteiger partial charge in [-0.2, -0.15) is 5.26 Å². The molecule has 4 nitrogen and oxygen atoms in total. The first-order valence-corrected chi connectivity index (χ1v) is 5.58. The van der Waals surface area contributed by atoms with Crippen LogP contribution in [0, 0.1) is 11.3 Å². The predicted molar refractivity (Wildman–Crippen MR) is 63.0 cm³/mol. The van der Waals surface area contributed by atoms with Crippen LogP contribution in [0.1, 0.15) is 30.0 Å². The summed E-state index contributed by atoms with van der Waals surface area (Å²) in [5.74, 6) is -0.377. The Morgan fingerprint density at radius 1 is 1.47 bits per heavy atom. The van der Waals surface area contributed by atoms with Crippen molar-refractivity contribution in [2.75, 3.05) is 13.7 Å². The molecule has 0 aliphatic carbocycles. The fraction of sp³-hybridized carbons (Fsp3) is 0.385. The zero-order chi connectivity index (χ0) is 14.4. The molecule has 102 valence electrons. The molecule has 0 bridgehead atoms. The number of nitriles is 1. The first kappa shape index (κ1) is 14.9. The summed E-state index contributed by atoms with van der Waals surface area (Å²) < 4.78 is 35.4. The molecule has 0 aliphatic heterocycles. The zero-order valence-electron chi connectivity index (χ0n) is 10.6. The Morgan fingerprint density at radius 2 is 2.16 bits per heavy atom. The van der Waals surface area contributed by atoms with E-state index in [9.17, 15) is 13.6 Å². The van der Waals surface area contributed by atoms with E-state index in [1.807, 2.05) is 0 Å². The lowest BCUT2D eigenvalue weighted by Crippen LogP contribution is -2.11. The van der Waals surface area contributed by atoms with Gasteiger partial charge < -0.3 is 9.47 Å². The van der Waals surface area contributed by atoms with Crippen molar-refractivity contribution in [2.24, 2.45) is 0 Å². The van der Waals surface area contributed by atoms with Crippen molar-refractivity contribution < 1.29 is 23.0 Å².